The van der Waals surface area contributed by atoms with Gasteiger partial charge in [0.25, 0.3) is 0 Å². The van der Waals surface area contributed by atoms with Gasteiger partial charge in [-0.25, -0.2) is 8.42 Å². The number of halogens is 1. The zero-order valence-electron chi connectivity index (χ0n) is 14.8. The first-order valence-electron chi connectivity index (χ1n) is 8.68. The Labute approximate surface area is 164 Å². The van der Waals surface area contributed by atoms with E-state index in [1.807, 2.05) is 0 Å². The third-order valence-electron chi connectivity index (χ3n) is 4.35. The Balaban J connectivity index is 1.48. The molecular formula is C19H21ClN2O4S. The normalized spacial score (nSPS) is 15.5. The van der Waals surface area contributed by atoms with Crippen LogP contribution in [0.5, 0.6) is 5.75 Å². The molecular weight excluding hydrogens is 388 g/mol. The second-order valence-electron chi connectivity index (χ2n) is 6.15. The summed E-state index contributed by atoms with van der Waals surface area (Å²) >= 11 is 5.89. The topological polar surface area (TPSA) is 66.9 Å². The smallest absolute Gasteiger partial charge is 0.243 e. The molecule has 0 atom stereocenters. The lowest BCUT2D eigenvalue weighted by molar-refractivity contribution is -0.132. The summed E-state index contributed by atoms with van der Waals surface area (Å²) in [7, 11) is -3.51. The Morgan fingerprint density at radius 3 is 2.37 bits per heavy atom. The third-order valence-corrected chi connectivity index (χ3v) is 6.50. The molecule has 0 spiro atoms. The van der Waals surface area contributed by atoms with E-state index in [0.29, 0.717) is 23.9 Å². The average Bonchev–Trinajstić information content (AvgIpc) is 2.69. The molecule has 0 N–H and O–H groups in total. The molecule has 6 nitrogen and oxygen atoms in total. The summed E-state index contributed by atoms with van der Waals surface area (Å²) in [6, 6.07) is 15.4. The first kappa shape index (κ1) is 19.7. The van der Waals surface area contributed by atoms with Crippen LogP contribution in [-0.2, 0) is 14.8 Å². The molecule has 1 amide bonds. The van der Waals surface area contributed by atoms with Crippen molar-refractivity contribution in [3.05, 3.63) is 59.6 Å². The van der Waals surface area contributed by atoms with Crippen molar-refractivity contribution in [1.82, 2.24) is 9.21 Å². The maximum Gasteiger partial charge on any atom is 0.243 e. The van der Waals surface area contributed by atoms with E-state index in [1.165, 1.54) is 4.31 Å². The Kier molecular flexibility index (Phi) is 6.36. The van der Waals surface area contributed by atoms with E-state index in [-0.39, 0.29) is 36.9 Å². The summed E-state index contributed by atoms with van der Waals surface area (Å²) in [6.45, 7) is 1.59. The van der Waals surface area contributed by atoms with Gasteiger partial charge < -0.3 is 9.64 Å². The first-order chi connectivity index (χ1) is 13.0. The second kappa shape index (κ2) is 8.73. The number of rotatable bonds is 6. The van der Waals surface area contributed by atoms with Gasteiger partial charge in [0.15, 0.2) is 0 Å². The average molecular weight is 409 g/mol. The minimum absolute atomic E-state index is 0.0474. The number of amides is 1. The highest BCUT2D eigenvalue weighted by atomic mass is 35.5. The lowest BCUT2D eigenvalue weighted by Crippen LogP contribution is -2.50. The van der Waals surface area contributed by atoms with Gasteiger partial charge in [-0.2, -0.15) is 4.31 Å². The van der Waals surface area contributed by atoms with Crippen molar-refractivity contribution in [1.29, 1.82) is 0 Å². The molecule has 0 radical (unpaired) electrons. The highest BCUT2D eigenvalue weighted by molar-refractivity contribution is 7.89. The van der Waals surface area contributed by atoms with Crippen molar-refractivity contribution in [3.63, 3.8) is 0 Å². The SMILES string of the molecule is O=C(CCOc1cccc(Cl)c1)N1CCN(S(=O)(=O)c2ccccc2)CC1. The van der Waals surface area contributed by atoms with Crippen LogP contribution in [0.15, 0.2) is 59.5 Å². The van der Waals surface area contributed by atoms with Crippen molar-refractivity contribution >= 4 is 27.5 Å². The molecule has 3 rings (SSSR count). The molecule has 0 unspecified atom stereocenters. The number of benzene rings is 2. The van der Waals surface area contributed by atoms with E-state index in [0.717, 1.165) is 0 Å². The predicted molar refractivity (Wildman–Crippen MR) is 103 cm³/mol. The summed E-state index contributed by atoms with van der Waals surface area (Å²) in [6.07, 6.45) is 0.234. The van der Waals surface area contributed by atoms with Gasteiger partial charge in [-0.05, 0) is 30.3 Å². The van der Waals surface area contributed by atoms with Crippen molar-refractivity contribution in [2.24, 2.45) is 0 Å². The van der Waals surface area contributed by atoms with E-state index < -0.39 is 10.0 Å². The van der Waals surface area contributed by atoms with Crippen molar-refractivity contribution in [3.8, 4) is 5.75 Å². The first-order valence-corrected chi connectivity index (χ1v) is 10.5. The van der Waals surface area contributed by atoms with Crippen LogP contribution in [0.3, 0.4) is 0 Å². The van der Waals surface area contributed by atoms with Crippen molar-refractivity contribution in [2.75, 3.05) is 32.8 Å². The molecule has 2 aromatic rings. The standard InChI is InChI=1S/C19H21ClN2O4S/c20-16-5-4-6-17(15-16)26-14-9-19(23)21-10-12-22(13-11-21)27(24,25)18-7-2-1-3-8-18/h1-8,15H,9-14H2. The summed E-state index contributed by atoms with van der Waals surface area (Å²) < 4.78 is 32.2. The quantitative estimate of drug-likeness (QED) is 0.737. The zero-order chi connectivity index (χ0) is 19.3. The van der Waals surface area contributed by atoms with Gasteiger partial charge in [0.05, 0.1) is 17.9 Å². The number of hydrogen-bond donors (Lipinski definition) is 0. The van der Waals surface area contributed by atoms with Crippen LogP contribution in [0, 0.1) is 0 Å². The van der Waals surface area contributed by atoms with Crippen LogP contribution < -0.4 is 4.74 Å². The second-order valence-corrected chi connectivity index (χ2v) is 8.53. The Bertz CT molecular complexity index is 882. The van der Waals surface area contributed by atoms with Gasteiger partial charge in [0.2, 0.25) is 15.9 Å². The van der Waals surface area contributed by atoms with Crippen LogP contribution in [0.1, 0.15) is 6.42 Å². The minimum Gasteiger partial charge on any atom is -0.493 e. The Hall–Kier alpha value is -2.09. The van der Waals surface area contributed by atoms with Gasteiger partial charge >= 0.3 is 0 Å². The Morgan fingerprint density at radius 1 is 1.00 bits per heavy atom. The van der Waals surface area contributed by atoms with Crippen molar-refractivity contribution < 1.29 is 17.9 Å². The van der Waals surface area contributed by atoms with Crippen LogP contribution >= 0.6 is 11.6 Å². The van der Waals surface area contributed by atoms with E-state index in [2.05, 4.69) is 0 Å². The summed E-state index contributed by atoms with van der Waals surface area (Å²) in [4.78, 5) is 14.3. The van der Waals surface area contributed by atoms with E-state index in [4.69, 9.17) is 16.3 Å². The van der Waals surface area contributed by atoms with Crippen molar-refractivity contribution in [2.45, 2.75) is 11.3 Å². The van der Waals surface area contributed by atoms with Gasteiger partial charge in [0.1, 0.15) is 5.75 Å². The predicted octanol–water partition coefficient (Wildman–Crippen LogP) is 2.64. The van der Waals surface area contributed by atoms with Gasteiger partial charge in [-0.3, -0.25) is 4.79 Å². The molecule has 27 heavy (non-hydrogen) atoms. The highest BCUT2D eigenvalue weighted by Gasteiger charge is 2.29. The number of nitrogens with zero attached hydrogens (tertiary/aromatic N) is 2. The molecule has 0 bridgehead atoms. The van der Waals surface area contributed by atoms with E-state index >= 15 is 0 Å². The molecule has 8 heteroatoms. The molecule has 1 aliphatic heterocycles. The van der Waals surface area contributed by atoms with E-state index in [1.54, 1.807) is 59.5 Å². The lowest BCUT2D eigenvalue weighted by Gasteiger charge is -2.34. The highest BCUT2D eigenvalue weighted by Crippen LogP contribution is 2.19. The molecule has 1 saturated heterocycles. The maximum atomic E-state index is 12.6. The van der Waals surface area contributed by atoms with E-state index in [9.17, 15) is 13.2 Å². The van der Waals surface area contributed by atoms with Crippen LogP contribution in [0.4, 0.5) is 0 Å². The fourth-order valence-electron chi connectivity index (χ4n) is 2.89. The molecule has 0 saturated carbocycles. The van der Waals surface area contributed by atoms with Gasteiger partial charge in [-0.1, -0.05) is 35.9 Å². The van der Waals surface area contributed by atoms with Gasteiger partial charge in [0, 0.05) is 31.2 Å². The molecule has 1 fully saturated rings. The molecule has 0 aromatic heterocycles. The fourth-order valence-corrected chi connectivity index (χ4v) is 4.51. The number of piperazine rings is 1. The number of carbonyl (C=O) groups excluding carboxylic acids is 1. The summed E-state index contributed by atoms with van der Waals surface area (Å²) in [5.74, 6) is 0.572. The summed E-state index contributed by atoms with van der Waals surface area (Å²) in [5, 5.41) is 0.578. The molecule has 1 aliphatic rings. The molecule has 144 valence electrons. The van der Waals surface area contributed by atoms with Crippen LogP contribution in [0.25, 0.3) is 0 Å². The number of carbonyl (C=O) groups is 1. The zero-order valence-corrected chi connectivity index (χ0v) is 16.3. The molecule has 2 aromatic carbocycles. The fraction of sp³-hybridized carbons (Fsp3) is 0.316. The Morgan fingerprint density at radius 2 is 1.70 bits per heavy atom. The molecule has 1 heterocycles. The monoisotopic (exact) mass is 408 g/mol. The third kappa shape index (κ3) is 5.00. The van der Waals surface area contributed by atoms with Gasteiger partial charge in [-0.15, -0.1) is 0 Å². The summed E-state index contributed by atoms with van der Waals surface area (Å²) in [5.41, 5.74) is 0. The largest absolute Gasteiger partial charge is 0.493 e. The molecule has 0 aliphatic carbocycles. The number of sulfonamides is 1. The van der Waals surface area contributed by atoms with Crippen LogP contribution in [0.2, 0.25) is 5.02 Å². The maximum absolute atomic E-state index is 12.6. The number of ether oxygens (including phenoxy) is 1. The minimum atomic E-state index is -3.51. The number of hydrogen-bond acceptors (Lipinski definition) is 4. The lowest BCUT2D eigenvalue weighted by atomic mass is 10.3. The van der Waals surface area contributed by atoms with Crippen LogP contribution in [-0.4, -0.2) is 56.3 Å².